The molecule has 0 aliphatic carbocycles. The molecule has 0 saturated carbocycles. The molecule has 2 rings (SSSR count). The molecule has 1 aliphatic rings. The van der Waals surface area contributed by atoms with Crippen LogP contribution in [0, 0.1) is 5.92 Å². The maximum Gasteiger partial charge on any atom is 0.251 e. The normalized spacial score (nSPS) is 17.2. The largest absolute Gasteiger partial charge is 0.374 e. The molecule has 1 saturated heterocycles. The molecule has 0 spiro atoms. The summed E-state index contributed by atoms with van der Waals surface area (Å²) in [5.74, 6) is -0.222. The zero-order valence-corrected chi connectivity index (χ0v) is 17.0. The summed E-state index contributed by atoms with van der Waals surface area (Å²) in [4.78, 5) is 37.7. The summed E-state index contributed by atoms with van der Waals surface area (Å²) < 4.78 is 5.76. The van der Waals surface area contributed by atoms with Gasteiger partial charge >= 0.3 is 0 Å². The van der Waals surface area contributed by atoms with Crippen molar-refractivity contribution in [3.8, 4) is 0 Å². The standard InChI is InChI=1S/C20H30N4O4/c1-13(2)11-24-5-6-28-19(12-24)10-21-20(27)16-7-17(22-14(3)25)9-18(8-16)23-15(4)26/h7-9,13,19H,5-6,10-12H2,1-4H3,(H,21,27)(H,22,25)(H,23,26). The average Bonchev–Trinajstić information content (AvgIpc) is 2.58. The number of hydrogen-bond donors (Lipinski definition) is 3. The number of morpholine rings is 1. The lowest BCUT2D eigenvalue weighted by Crippen LogP contribution is -2.48. The molecular formula is C20H30N4O4. The van der Waals surface area contributed by atoms with Gasteiger partial charge in [-0.05, 0) is 24.1 Å². The first-order valence-corrected chi connectivity index (χ1v) is 9.55. The van der Waals surface area contributed by atoms with Gasteiger partial charge in [0.25, 0.3) is 5.91 Å². The van der Waals surface area contributed by atoms with Crippen LogP contribution in [0.4, 0.5) is 11.4 Å². The van der Waals surface area contributed by atoms with E-state index in [0.29, 0.717) is 36.0 Å². The first kappa shape index (κ1) is 21.8. The van der Waals surface area contributed by atoms with Gasteiger partial charge in [0, 0.05) is 57.0 Å². The van der Waals surface area contributed by atoms with Crippen molar-refractivity contribution >= 4 is 29.1 Å². The van der Waals surface area contributed by atoms with Gasteiger partial charge in [0.15, 0.2) is 0 Å². The second kappa shape index (κ2) is 10.2. The molecule has 3 N–H and O–H groups in total. The summed E-state index contributed by atoms with van der Waals surface area (Å²) in [7, 11) is 0. The van der Waals surface area contributed by atoms with E-state index < -0.39 is 0 Å². The van der Waals surface area contributed by atoms with Gasteiger partial charge in [-0.25, -0.2) is 0 Å². The zero-order valence-electron chi connectivity index (χ0n) is 17.0. The highest BCUT2D eigenvalue weighted by Crippen LogP contribution is 2.19. The third-order valence-electron chi connectivity index (χ3n) is 4.17. The van der Waals surface area contributed by atoms with E-state index in [1.807, 2.05) is 0 Å². The maximum atomic E-state index is 12.6. The molecule has 1 heterocycles. The van der Waals surface area contributed by atoms with Crippen molar-refractivity contribution < 1.29 is 19.1 Å². The lowest BCUT2D eigenvalue weighted by Gasteiger charge is -2.34. The Bertz CT molecular complexity index is 686. The van der Waals surface area contributed by atoms with Crippen molar-refractivity contribution in [2.45, 2.75) is 33.8 Å². The van der Waals surface area contributed by atoms with Crippen LogP contribution in [0.15, 0.2) is 18.2 Å². The fourth-order valence-corrected chi connectivity index (χ4v) is 3.20. The van der Waals surface area contributed by atoms with Crippen LogP contribution < -0.4 is 16.0 Å². The van der Waals surface area contributed by atoms with Crippen molar-refractivity contribution in [3.05, 3.63) is 23.8 Å². The summed E-state index contributed by atoms with van der Waals surface area (Å²) in [6, 6.07) is 4.76. The van der Waals surface area contributed by atoms with Gasteiger partial charge in [-0.3, -0.25) is 19.3 Å². The van der Waals surface area contributed by atoms with Crippen molar-refractivity contribution in [3.63, 3.8) is 0 Å². The molecule has 28 heavy (non-hydrogen) atoms. The van der Waals surface area contributed by atoms with E-state index >= 15 is 0 Å². The molecule has 0 radical (unpaired) electrons. The number of carbonyl (C=O) groups excluding carboxylic acids is 3. The van der Waals surface area contributed by atoms with E-state index in [0.717, 1.165) is 19.6 Å². The number of nitrogens with one attached hydrogen (secondary N) is 3. The van der Waals surface area contributed by atoms with Gasteiger partial charge < -0.3 is 20.7 Å². The summed E-state index contributed by atoms with van der Waals surface area (Å²) in [6.07, 6.45) is -0.0650. The van der Waals surface area contributed by atoms with Crippen LogP contribution in [0.5, 0.6) is 0 Å². The van der Waals surface area contributed by atoms with Gasteiger partial charge in [-0.15, -0.1) is 0 Å². The third kappa shape index (κ3) is 7.28. The van der Waals surface area contributed by atoms with Gasteiger partial charge in [0.2, 0.25) is 11.8 Å². The Labute approximate surface area is 166 Å². The highest BCUT2D eigenvalue weighted by Gasteiger charge is 2.22. The third-order valence-corrected chi connectivity index (χ3v) is 4.17. The Morgan fingerprint density at radius 2 is 1.71 bits per heavy atom. The monoisotopic (exact) mass is 390 g/mol. The highest BCUT2D eigenvalue weighted by atomic mass is 16.5. The minimum absolute atomic E-state index is 0.0650. The molecule has 154 valence electrons. The molecule has 1 atom stereocenters. The van der Waals surface area contributed by atoms with E-state index in [2.05, 4.69) is 34.7 Å². The van der Waals surface area contributed by atoms with Crippen LogP contribution in [0.3, 0.4) is 0 Å². The first-order chi connectivity index (χ1) is 13.2. The van der Waals surface area contributed by atoms with E-state index in [4.69, 9.17) is 4.74 Å². The van der Waals surface area contributed by atoms with E-state index in [-0.39, 0.29) is 23.8 Å². The minimum Gasteiger partial charge on any atom is -0.374 e. The van der Waals surface area contributed by atoms with Gasteiger partial charge in [0.1, 0.15) is 0 Å². The van der Waals surface area contributed by atoms with Crippen LogP contribution >= 0.6 is 0 Å². The quantitative estimate of drug-likeness (QED) is 0.658. The Kier molecular flexibility index (Phi) is 7.95. The van der Waals surface area contributed by atoms with Crippen molar-refractivity contribution in [2.24, 2.45) is 5.92 Å². The van der Waals surface area contributed by atoms with Crippen LogP contribution in [-0.2, 0) is 14.3 Å². The molecule has 1 aromatic carbocycles. The first-order valence-electron chi connectivity index (χ1n) is 9.55. The number of carbonyl (C=O) groups is 3. The maximum absolute atomic E-state index is 12.6. The minimum atomic E-state index is -0.289. The highest BCUT2D eigenvalue weighted by molar-refractivity contribution is 5.99. The van der Waals surface area contributed by atoms with E-state index in [9.17, 15) is 14.4 Å². The summed E-state index contributed by atoms with van der Waals surface area (Å²) >= 11 is 0. The second-order valence-corrected chi connectivity index (χ2v) is 7.52. The topological polar surface area (TPSA) is 99.8 Å². The predicted molar refractivity (Wildman–Crippen MR) is 108 cm³/mol. The molecule has 8 nitrogen and oxygen atoms in total. The Hall–Kier alpha value is -2.45. The van der Waals surface area contributed by atoms with Crippen LogP contribution in [0.1, 0.15) is 38.1 Å². The molecular weight excluding hydrogens is 360 g/mol. The number of ether oxygens (including phenoxy) is 1. The van der Waals surface area contributed by atoms with Crippen LogP contribution in [-0.4, -0.2) is 61.5 Å². The second-order valence-electron chi connectivity index (χ2n) is 7.52. The van der Waals surface area contributed by atoms with Crippen molar-refractivity contribution in [2.75, 3.05) is 43.4 Å². The zero-order chi connectivity index (χ0) is 20.7. The van der Waals surface area contributed by atoms with Gasteiger partial charge in [0.05, 0.1) is 12.7 Å². The molecule has 1 unspecified atom stereocenters. The van der Waals surface area contributed by atoms with Gasteiger partial charge in [-0.2, -0.15) is 0 Å². The Morgan fingerprint density at radius 1 is 1.11 bits per heavy atom. The Morgan fingerprint density at radius 3 is 2.25 bits per heavy atom. The van der Waals surface area contributed by atoms with E-state index in [1.165, 1.54) is 13.8 Å². The summed E-state index contributed by atoms with van der Waals surface area (Å²) in [5, 5.41) is 8.17. The molecule has 3 amide bonds. The SMILES string of the molecule is CC(=O)Nc1cc(NC(C)=O)cc(C(=O)NCC2CN(CC(C)C)CCO2)c1. The van der Waals surface area contributed by atoms with Crippen LogP contribution in [0.25, 0.3) is 0 Å². The number of nitrogens with zero attached hydrogens (tertiary/aromatic N) is 1. The predicted octanol–water partition coefficient (Wildman–Crippen LogP) is 1.69. The van der Waals surface area contributed by atoms with Crippen LogP contribution in [0.2, 0.25) is 0 Å². The van der Waals surface area contributed by atoms with E-state index in [1.54, 1.807) is 18.2 Å². The number of rotatable bonds is 7. The summed E-state index contributed by atoms with van der Waals surface area (Å²) in [6.45, 7) is 10.9. The Balaban J connectivity index is 2.02. The van der Waals surface area contributed by atoms with Gasteiger partial charge in [-0.1, -0.05) is 13.8 Å². The fourth-order valence-electron chi connectivity index (χ4n) is 3.20. The van der Waals surface area contributed by atoms with Crippen molar-refractivity contribution in [1.82, 2.24) is 10.2 Å². The molecule has 1 fully saturated rings. The smallest absolute Gasteiger partial charge is 0.251 e. The lowest BCUT2D eigenvalue weighted by atomic mass is 10.1. The molecule has 0 aromatic heterocycles. The number of amides is 3. The molecule has 1 aliphatic heterocycles. The molecule has 0 bridgehead atoms. The number of benzene rings is 1. The molecule has 8 heteroatoms. The average molecular weight is 390 g/mol. The number of anilines is 2. The number of hydrogen-bond acceptors (Lipinski definition) is 5. The summed E-state index contributed by atoms with van der Waals surface area (Å²) in [5.41, 5.74) is 1.24. The van der Waals surface area contributed by atoms with Crippen molar-refractivity contribution in [1.29, 1.82) is 0 Å². The molecule has 1 aromatic rings. The lowest BCUT2D eigenvalue weighted by molar-refractivity contribution is -0.115. The fraction of sp³-hybridized carbons (Fsp3) is 0.550.